The highest BCUT2D eigenvalue weighted by Crippen LogP contribution is 1.79. The number of hydrogen-bond acceptors (Lipinski definition) is 0. The van der Waals surface area contributed by atoms with Gasteiger partial charge in [0, 0.05) is 0 Å². The normalized spacial score (nSPS) is 6.00. The number of hydrogen-bond donors (Lipinski definition) is 0. The largest absolute Gasteiger partial charge is 0.0623 e. The van der Waals surface area contributed by atoms with Gasteiger partial charge in [0.2, 0.25) is 0 Å². The fourth-order valence-electron chi connectivity index (χ4n) is 0.385. The van der Waals surface area contributed by atoms with Crippen LogP contribution in [-0.4, -0.2) is 21.9 Å². The van der Waals surface area contributed by atoms with Crippen molar-refractivity contribution in [1.82, 2.24) is 0 Å². The third-order valence-electron chi connectivity index (χ3n) is 0.667. The zero-order valence-electron chi connectivity index (χ0n) is 3.46. The molecule has 0 aliphatic rings. The van der Waals surface area contributed by atoms with Crippen molar-refractivity contribution in [2.45, 2.75) is 0 Å². The Kier molecular flexibility index (Phi) is 8.82. The van der Waals surface area contributed by atoms with Gasteiger partial charge in [-0.3, -0.25) is 0 Å². The van der Waals surface area contributed by atoms with E-state index in [0.29, 0.717) is 0 Å². The molecular weight excluding hydrogens is 128 g/mol. The minimum atomic E-state index is 0. The van der Waals surface area contributed by atoms with Gasteiger partial charge in [-0.05, 0) is 21.9 Å². The Hall–Kier alpha value is -0.346. The molecule has 0 bridgehead atoms. The lowest BCUT2D eigenvalue weighted by atomic mass is 10.4. The Morgan fingerprint density at radius 2 is 0.500 bits per heavy atom. The molecule has 0 N–H and O–H groups in total. The summed E-state index contributed by atoms with van der Waals surface area (Å²) in [7, 11) is 0. The van der Waals surface area contributed by atoms with E-state index in [1.165, 1.54) is 0 Å². The Labute approximate surface area is 59.0 Å². The van der Waals surface area contributed by atoms with Crippen LogP contribution in [0.25, 0.3) is 0 Å². The van der Waals surface area contributed by atoms with Crippen LogP contribution in [0.15, 0.2) is 36.4 Å². The third-order valence-corrected chi connectivity index (χ3v) is 0.667. The maximum Gasteiger partial charge on any atom is -0.0149 e. The van der Waals surface area contributed by atoms with E-state index in [-0.39, 0.29) is 21.9 Å². The van der Waals surface area contributed by atoms with Crippen LogP contribution in [-0.2, 0) is 0 Å². The van der Waals surface area contributed by atoms with E-state index in [4.69, 9.17) is 0 Å². The maximum absolute atomic E-state index is 2.00. The van der Waals surface area contributed by atoms with Crippen molar-refractivity contribution in [3.63, 3.8) is 0 Å². The fraction of sp³-hybridized carbons (Fsp3) is 0. The highest BCUT2D eigenvalue weighted by atomic mass is 28.1. The van der Waals surface area contributed by atoms with E-state index in [1.807, 2.05) is 36.4 Å². The van der Waals surface area contributed by atoms with Crippen molar-refractivity contribution in [1.29, 1.82) is 0 Å². The molecule has 0 spiro atoms. The molecule has 1 rings (SSSR count). The van der Waals surface area contributed by atoms with E-state index in [1.54, 1.807) is 0 Å². The summed E-state index contributed by atoms with van der Waals surface area (Å²) in [5.74, 6) is 0. The Morgan fingerprint density at radius 1 is 0.375 bits per heavy atom. The average molecular weight is 142 g/mol. The molecule has 0 aliphatic heterocycles. The molecule has 0 saturated heterocycles. The van der Waals surface area contributed by atoms with Crippen molar-refractivity contribution in [2.24, 2.45) is 0 Å². The lowest BCUT2D eigenvalue weighted by molar-refractivity contribution is 1.72. The van der Waals surface area contributed by atoms with E-state index in [2.05, 4.69) is 0 Å². The smallest absolute Gasteiger partial charge is 0.0149 e. The molecule has 0 amide bonds. The lowest BCUT2D eigenvalue weighted by Gasteiger charge is -1.69. The van der Waals surface area contributed by atoms with Crippen LogP contribution < -0.4 is 0 Å². The van der Waals surface area contributed by atoms with Crippen LogP contribution in [0.4, 0.5) is 0 Å². The molecule has 46 valence electrons. The molecule has 0 unspecified atom stereocenters. The van der Waals surface area contributed by atoms with Crippen molar-refractivity contribution in [3.05, 3.63) is 36.4 Å². The first-order chi connectivity index (χ1) is 3.00. The van der Waals surface area contributed by atoms with Crippen molar-refractivity contribution in [2.75, 3.05) is 0 Å². The van der Waals surface area contributed by atoms with Gasteiger partial charge in [0.15, 0.2) is 0 Å². The number of rotatable bonds is 0. The second-order valence-electron chi connectivity index (χ2n) is 1.15. The van der Waals surface area contributed by atoms with Crippen LogP contribution in [0.2, 0.25) is 0 Å². The Morgan fingerprint density at radius 3 is 0.625 bits per heavy atom. The van der Waals surface area contributed by atoms with Gasteiger partial charge in [-0.1, -0.05) is 36.4 Å². The predicted molar refractivity (Wildman–Crippen MR) is 49.1 cm³/mol. The summed E-state index contributed by atoms with van der Waals surface area (Å²) in [5.41, 5.74) is 0. The summed E-state index contributed by atoms with van der Waals surface area (Å²) < 4.78 is 0. The van der Waals surface area contributed by atoms with E-state index in [0.717, 1.165) is 0 Å². The summed E-state index contributed by atoms with van der Waals surface area (Å²) in [6.07, 6.45) is 0. The van der Waals surface area contributed by atoms with Crippen molar-refractivity contribution >= 4 is 21.9 Å². The summed E-state index contributed by atoms with van der Waals surface area (Å²) in [6.45, 7) is 0. The van der Waals surface area contributed by atoms with E-state index >= 15 is 0 Å². The van der Waals surface area contributed by atoms with Gasteiger partial charge < -0.3 is 0 Å². The average Bonchev–Trinajstić information content (AvgIpc) is 1.72. The van der Waals surface area contributed by atoms with E-state index in [9.17, 15) is 0 Å². The third kappa shape index (κ3) is 3.83. The highest BCUT2D eigenvalue weighted by Gasteiger charge is 1.57. The molecule has 0 aromatic heterocycles. The molecule has 0 saturated carbocycles. The zero-order chi connectivity index (χ0) is 4.24. The fourth-order valence-corrected chi connectivity index (χ4v) is 0.385. The molecule has 0 radical (unpaired) electrons. The van der Waals surface area contributed by atoms with Crippen LogP contribution in [0.1, 0.15) is 0 Å². The molecule has 0 aliphatic carbocycles. The molecule has 8 heavy (non-hydrogen) atoms. The van der Waals surface area contributed by atoms with Crippen LogP contribution in [0.3, 0.4) is 0 Å². The molecule has 2 heteroatoms. The zero-order valence-corrected chi connectivity index (χ0v) is 3.46. The second-order valence-corrected chi connectivity index (χ2v) is 1.15. The van der Waals surface area contributed by atoms with E-state index < -0.39 is 0 Å². The minimum Gasteiger partial charge on any atom is -0.0623 e. The Balaban J connectivity index is 0. The van der Waals surface area contributed by atoms with Gasteiger partial charge in [-0.15, -0.1) is 0 Å². The molecule has 0 fully saturated rings. The van der Waals surface area contributed by atoms with Crippen molar-refractivity contribution in [3.8, 4) is 0 Å². The summed E-state index contributed by atoms with van der Waals surface area (Å²) in [4.78, 5) is 0. The van der Waals surface area contributed by atoms with Crippen LogP contribution >= 0.6 is 0 Å². The first-order valence-corrected chi connectivity index (χ1v) is 2.00. The molecule has 1 aromatic carbocycles. The number of benzene rings is 1. The summed E-state index contributed by atoms with van der Waals surface area (Å²) >= 11 is 0. The minimum absolute atomic E-state index is 0. The molecule has 1 aromatic rings. The predicted octanol–water partition coefficient (Wildman–Crippen LogP) is -1.22. The Bertz CT molecular complexity index is 78.5. The van der Waals surface area contributed by atoms with Crippen molar-refractivity contribution < 1.29 is 0 Å². The van der Waals surface area contributed by atoms with Gasteiger partial charge in [-0.25, -0.2) is 0 Å². The monoisotopic (exact) mass is 142 g/mol. The van der Waals surface area contributed by atoms with Gasteiger partial charge >= 0.3 is 0 Å². The van der Waals surface area contributed by atoms with Crippen LogP contribution in [0, 0.1) is 0 Å². The van der Waals surface area contributed by atoms with Crippen LogP contribution in [0.5, 0.6) is 0 Å². The highest BCUT2D eigenvalue weighted by molar-refractivity contribution is 5.76. The first-order valence-electron chi connectivity index (χ1n) is 2.00. The molecular formula is C6H14Si2. The molecule has 0 nitrogen and oxygen atoms in total. The lowest BCUT2D eigenvalue weighted by Crippen LogP contribution is -1.47. The SMILES string of the molecule is [SiH4].[SiH4].c1ccccc1. The van der Waals surface area contributed by atoms with Gasteiger partial charge in [-0.2, -0.15) is 0 Å². The maximum atomic E-state index is 2.00. The second kappa shape index (κ2) is 6.65. The first kappa shape index (κ1) is 10.6. The molecule has 0 atom stereocenters. The standard InChI is InChI=1S/C6H6.2H4Si/c1-2-4-6-5-3-1;;/h1-6H;2*1H4. The summed E-state index contributed by atoms with van der Waals surface area (Å²) in [6, 6.07) is 12.0. The summed E-state index contributed by atoms with van der Waals surface area (Å²) in [5, 5.41) is 0. The molecule has 0 heterocycles. The van der Waals surface area contributed by atoms with Gasteiger partial charge in [0.05, 0.1) is 0 Å². The van der Waals surface area contributed by atoms with Gasteiger partial charge in [0.1, 0.15) is 0 Å². The topological polar surface area (TPSA) is 0 Å². The van der Waals surface area contributed by atoms with Gasteiger partial charge in [0.25, 0.3) is 0 Å². The quantitative estimate of drug-likeness (QED) is 0.399.